The Morgan fingerprint density at radius 1 is 0.529 bits per heavy atom. The molecule has 0 aliphatic rings. The normalized spacial score (nSPS) is 5.88. The highest BCUT2D eigenvalue weighted by atomic mass is 13.5. The van der Waals surface area contributed by atoms with Gasteiger partial charge in [0.05, 0.1) is 0 Å². The average molecular weight is 240 g/mol. The lowest BCUT2D eigenvalue weighted by molar-refractivity contribution is 1.23. The molecule has 104 valence electrons. The molecule has 0 unspecified atom stereocenters. The minimum absolute atomic E-state index is 0. The second-order valence-corrected chi connectivity index (χ2v) is 2.79. The van der Waals surface area contributed by atoms with Gasteiger partial charge in [-0.3, -0.25) is 0 Å². The highest BCUT2D eigenvalue weighted by Crippen LogP contribution is 1.67. The summed E-state index contributed by atoms with van der Waals surface area (Å²) in [6.07, 6.45) is 11.8. The van der Waals surface area contributed by atoms with E-state index in [0.717, 1.165) is 25.7 Å². The van der Waals surface area contributed by atoms with Crippen LogP contribution in [0.3, 0.4) is 0 Å². The zero-order valence-electron chi connectivity index (χ0n) is 12.0. The SMILES string of the molecule is C.C=CCC.C=CCC.C=CCC.C=CCC. The largest absolute Gasteiger partial charge is 0.103 e. The van der Waals surface area contributed by atoms with Gasteiger partial charge in [0.15, 0.2) is 0 Å². The molecule has 0 aromatic rings. The maximum absolute atomic E-state index is 3.48. The van der Waals surface area contributed by atoms with Gasteiger partial charge in [-0.15, -0.1) is 26.3 Å². The Morgan fingerprint density at radius 3 is 0.588 bits per heavy atom. The highest BCUT2D eigenvalue weighted by Gasteiger charge is 1.46. The third kappa shape index (κ3) is 287. The van der Waals surface area contributed by atoms with Crippen molar-refractivity contribution in [2.75, 3.05) is 0 Å². The van der Waals surface area contributed by atoms with E-state index in [4.69, 9.17) is 0 Å². The van der Waals surface area contributed by atoms with E-state index in [1.165, 1.54) is 0 Å². The number of rotatable bonds is 4. The second kappa shape index (κ2) is 60.2. The van der Waals surface area contributed by atoms with E-state index in [0.29, 0.717) is 0 Å². The summed E-state index contributed by atoms with van der Waals surface area (Å²) >= 11 is 0. The average Bonchev–Trinajstić information content (AvgIpc) is 2.39. The van der Waals surface area contributed by atoms with Crippen LogP contribution >= 0.6 is 0 Å². The maximum Gasteiger partial charge on any atom is -0.0382 e. The van der Waals surface area contributed by atoms with Crippen LogP contribution < -0.4 is 0 Å². The van der Waals surface area contributed by atoms with Gasteiger partial charge in [0.1, 0.15) is 0 Å². The smallest absolute Gasteiger partial charge is 0.0382 e. The predicted molar refractivity (Wildman–Crippen MR) is 88.7 cm³/mol. The number of allylic oxidation sites excluding steroid dienone is 4. The third-order valence-electron chi connectivity index (χ3n) is 1.15. The Balaban J connectivity index is -0.0000000369. The number of hydrogen-bond donors (Lipinski definition) is 0. The van der Waals surface area contributed by atoms with E-state index in [-0.39, 0.29) is 7.43 Å². The van der Waals surface area contributed by atoms with Crippen LogP contribution in [-0.4, -0.2) is 0 Å². The molecular weight excluding hydrogens is 204 g/mol. The maximum atomic E-state index is 3.48. The van der Waals surface area contributed by atoms with E-state index in [9.17, 15) is 0 Å². The quantitative estimate of drug-likeness (QED) is 0.466. The lowest BCUT2D eigenvalue weighted by atomic mass is 10.5. The molecule has 0 radical (unpaired) electrons. The van der Waals surface area contributed by atoms with Crippen LogP contribution in [-0.2, 0) is 0 Å². The number of hydrogen-bond acceptors (Lipinski definition) is 0. The van der Waals surface area contributed by atoms with Crippen LogP contribution in [0.4, 0.5) is 0 Å². The van der Waals surface area contributed by atoms with Gasteiger partial charge in [-0.2, -0.15) is 0 Å². The fourth-order valence-corrected chi connectivity index (χ4v) is 0. The summed E-state index contributed by atoms with van der Waals surface area (Å²) < 4.78 is 0. The van der Waals surface area contributed by atoms with Gasteiger partial charge in [0.25, 0.3) is 0 Å². The van der Waals surface area contributed by atoms with Crippen LogP contribution in [0.1, 0.15) is 60.8 Å². The first kappa shape index (κ1) is 29.7. The molecule has 0 spiro atoms. The Hall–Kier alpha value is -1.04. The summed E-state index contributed by atoms with van der Waals surface area (Å²) in [6, 6.07) is 0. The fraction of sp³-hybridized carbons (Fsp3) is 0.529. The monoisotopic (exact) mass is 240 g/mol. The topological polar surface area (TPSA) is 0 Å². The summed E-state index contributed by atoms with van der Waals surface area (Å²) in [4.78, 5) is 0. The van der Waals surface area contributed by atoms with Crippen molar-refractivity contribution in [1.29, 1.82) is 0 Å². The Bertz CT molecular complexity index is 88.0. The molecule has 17 heavy (non-hydrogen) atoms. The van der Waals surface area contributed by atoms with Crippen molar-refractivity contribution < 1.29 is 0 Å². The highest BCUT2D eigenvalue weighted by molar-refractivity contribution is 4.61. The third-order valence-corrected chi connectivity index (χ3v) is 1.15. The minimum atomic E-state index is 0. The van der Waals surface area contributed by atoms with Gasteiger partial charge in [0.2, 0.25) is 0 Å². The van der Waals surface area contributed by atoms with Crippen LogP contribution in [0.5, 0.6) is 0 Å². The van der Waals surface area contributed by atoms with Gasteiger partial charge in [-0.25, -0.2) is 0 Å². The molecular formula is C17H36. The zero-order chi connectivity index (χ0) is 13.7. The first-order valence-corrected chi connectivity index (χ1v) is 6.09. The van der Waals surface area contributed by atoms with Crippen molar-refractivity contribution in [2.24, 2.45) is 0 Å². The van der Waals surface area contributed by atoms with Crippen molar-refractivity contribution >= 4 is 0 Å². The molecule has 0 bridgehead atoms. The van der Waals surface area contributed by atoms with Crippen LogP contribution in [0.2, 0.25) is 0 Å². The molecule has 0 heteroatoms. The van der Waals surface area contributed by atoms with Crippen molar-refractivity contribution in [3.8, 4) is 0 Å². The fourth-order valence-electron chi connectivity index (χ4n) is 0. The van der Waals surface area contributed by atoms with Crippen LogP contribution in [0.25, 0.3) is 0 Å². The molecule has 0 aliphatic heterocycles. The minimum Gasteiger partial charge on any atom is -0.103 e. The molecule has 0 fully saturated rings. The van der Waals surface area contributed by atoms with Gasteiger partial charge in [-0.05, 0) is 25.7 Å². The molecule has 0 aromatic carbocycles. The molecule has 0 N–H and O–H groups in total. The molecule has 0 atom stereocenters. The first-order chi connectivity index (χ1) is 7.66. The Morgan fingerprint density at radius 2 is 0.588 bits per heavy atom. The molecule has 0 aromatic heterocycles. The van der Waals surface area contributed by atoms with Crippen molar-refractivity contribution in [3.63, 3.8) is 0 Å². The zero-order valence-corrected chi connectivity index (χ0v) is 12.0. The lowest BCUT2D eigenvalue weighted by Crippen LogP contribution is -1.36. The second-order valence-electron chi connectivity index (χ2n) is 2.79. The molecule has 0 aliphatic carbocycles. The summed E-state index contributed by atoms with van der Waals surface area (Å²) in [6.45, 7) is 22.2. The van der Waals surface area contributed by atoms with Gasteiger partial charge >= 0.3 is 0 Å². The summed E-state index contributed by atoms with van der Waals surface area (Å²) in [5.41, 5.74) is 0. The predicted octanol–water partition coefficient (Wildman–Crippen LogP) is 6.97. The van der Waals surface area contributed by atoms with E-state index in [1.54, 1.807) is 0 Å². The van der Waals surface area contributed by atoms with Gasteiger partial charge in [0, 0.05) is 0 Å². The van der Waals surface area contributed by atoms with Crippen molar-refractivity contribution in [3.05, 3.63) is 50.6 Å². The Kier molecular flexibility index (Phi) is 105. The molecule has 0 saturated heterocycles. The Labute approximate surface area is 112 Å². The molecule has 0 amide bonds. The van der Waals surface area contributed by atoms with Gasteiger partial charge in [-0.1, -0.05) is 59.4 Å². The summed E-state index contributed by atoms with van der Waals surface area (Å²) in [7, 11) is 0. The summed E-state index contributed by atoms with van der Waals surface area (Å²) in [5, 5.41) is 0. The first-order valence-electron chi connectivity index (χ1n) is 6.09. The van der Waals surface area contributed by atoms with Crippen molar-refractivity contribution in [1.82, 2.24) is 0 Å². The standard InChI is InChI=1S/4C4H8.CH4/c4*1-3-4-2;/h4*3H,1,4H2,2H3;1H4. The van der Waals surface area contributed by atoms with E-state index in [2.05, 4.69) is 54.0 Å². The molecule has 0 nitrogen and oxygen atoms in total. The van der Waals surface area contributed by atoms with Gasteiger partial charge < -0.3 is 0 Å². The molecule has 0 heterocycles. The van der Waals surface area contributed by atoms with E-state index >= 15 is 0 Å². The van der Waals surface area contributed by atoms with Crippen LogP contribution in [0.15, 0.2) is 50.6 Å². The van der Waals surface area contributed by atoms with E-state index in [1.807, 2.05) is 24.3 Å². The van der Waals surface area contributed by atoms with Crippen LogP contribution in [0, 0.1) is 0 Å². The lowest BCUT2D eigenvalue weighted by Gasteiger charge is -1.57. The summed E-state index contributed by atoms with van der Waals surface area (Å²) in [5.74, 6) is 0. The van der Waals surface area contributed by atoms with Crippen molar-refractivity contribution in [2.45, 2.75) is 60.8 Å². The molecule has 0 rings (SSSR count). The molecule has 0 saturated carbocycles. The van der Waals surface area contributed by atoms with E-state index < -0.39 is 0 Å².